The monoisotopic (exact) mass is 257 g/mol. The van der Waals surface area contributed by atoms with Crippen LogP contribution >= 0.6 is 0 Å². The average molecular weight is 257 g/mol. The average Bonchev–Trinajstić information content (AvgIpc) is 2.36. The number of para-hydroxylation sites is 1. The summed E-state index contributed by atoms with van der Waals surface area (Å²) in [5, 5.41) is 1.25. The highest BCUT2D eigenvalue weighted by Crippen LogP contribution is 2.19. The van der Waals surface area contributed by atoms with E-state index >= 15 is 0 Å². The predicted molar refractivity (Wildman–Crippen MR) is 81.1 cm³/mol. The first-order valence-electron chi connectivity index (χ1n) is 6.85. The van der Waals surface area contributed by atoms with Crippen molar-refractivity contribution in [2.24, 2.45) is 5.73 Å². The molecule has 0 aliphatic heterocycles. The molecule has 102 valence electrons. The third kappa shape index (κ3) is 3.75. The first-order chi connectivity index (χ1) is 9.06. The van der Waals surface area contributed by atoms with Gasteiger partial charge in [0, 0.05) is 23.7 Å². The SMILES string of the molecule is Cc1cc(CN(C)CCC(C)N)c2ccccc2n1. The summed E-state index contributed by atoms with van der Waals surface area (Å²) in [5.41, 5.74) is 9.31. The van der Waals surface area contributed by atoms with E-state index in [-0.39, 0.29) is 6.04 Å². The third-order valence-corrected chi connectivity index (χ3v) is 3.34. The van der Waals surface area contributed by atoms with Crippen molar-refractivity contribution < 1.29 is 0 Å². The Bertz CT molecular complexity index is 549. The van der Waals surface area contributed by atoms with Crippen molar-refractivity contribution in [1.29, 1.82) is 0 Å². The van der Waals surface area contributed by atoms with Gasteiger partial charge in [0.15, 0.2) is 0 Å². The van der Waals surface area contributed by atoms with E-state index in [1.807, 2.05) is 6.07 Å². The number of nitrogens with zero attached hydrogens (tertiary/aromatic N) is 2. The van der Waals surface area contributed by atoms with E-state index in [4.69, 9.17) is 5.73 Å². The summed E-state index contributed by atoms with van der Waals surface area (Å²) in [5.74, 6) is 0. The molecule has 3 heteroatoms. The molecule has 2 rings (SSSR count). The van der Waals surface area contributed by atoms with Gasteiger partial charge in [-0.1, -0.05) is 18.2 Å². The van der Waals surface area contributed by atoms with Gasteiger partial charge in [-0.15, -0.1) is 0 Å². The van der Waals surface area contributed by atoms with Crippen molar-refractivity contribution in [3.05, 3.63) is 41.6 Å². The van der Waals surface area contributed by atoms with Crippen molar-refractivity contribution in [2.45, 2.75) is 32.9 Å². The molecule has 19 heavy (non-hydrogen) atoms. The number of rotatable bonds is 5. The molecule has 0 spiro atoms. The molecule has 0 saturated heterocycles. The lowest BCUT2D eigenvalue weighted by atomic mass is 10.1. The molecule has 1 atom stereocenters. The van der Waals surface area contributed by atoms with Crippen LogP contribution in [0.25, 0.3) is 10.9 Å². The molecule has 1 unspecified atom stereocenters. The standard InChI is InChI=1S/C16H23N3/c1-12(17)8-9-19(3)11-14-10-13(2)18-16-7-5-4-6-15(14)16/h4-7,10,12H,8-9,11,17H2,1-3H3. The normalized spacial score (nSPS) is 13.1. The third-order valence-electron chi connectivity index (χ3n) is 3.34. The van der Waals surface area contributed by atoms with Gasteiger partial charge in [-0.05, 0) is 51.6 Å². The molecule has 3 nitrogen and oxygen atoms in total. The molecular formula is C16H23N3. The first kappa shape index (κ1) is 14.0. The minimum Gasteiger partial charge on any atom is -0.328 e. The van der Waals surface area contributed by atoms with Gasteiger partial charge in [0.25, 0.3) is 0 Å². The zero-order valence-corrected chi connectivity index (χ0v) is 12.1. The van der Waals surface area contributed by atoms with Crippen LogP contribution in [0.4, 0.5) is 0 Å². The Kier molecular flexibility index (Phi) is 4.51. The zero-order valence-electron chi connectivity index (χ0n) is 12.1. The van der Waals surface area contributed by atoms with Crippen LogP contribution in [-0.4, -0.2) is 29.5 Å². The lowest BCUT2D eigenvalue weighted by Crippen LogP contribution is -2.25. The predicted octanol–water partition coefficient (Wildman–Crippen LogP) is 2.71. The minimum atomic E-state index is 0.262. The molecule has 1 heterocycles. The minimum absolute atomic E-state index is 0.262. The maximum atomic E-state index is 5.81. The van der Waals surface area contributed by atoms with Crippen LogP contribution in [0.15, 0.2) is 30.3 Å². The fraction of sp³-hybridized carbons (Fsp3) is 0.438. The van der Waals surface area contributed by atoms with Crippen molar-refractivity contribution >= 4 is 10.9 Å². The number of hydrogen-bond acceptors (Lipinski definition) is 3. The van der Waals surface area contributed by atoms with E-state index in [1.165, 1.54) is 10.9 Å². The Morgan fingerprint density at radius 3 is 2.79 bits per heavy atom. The molecule has 0 radical (unpaired) electrons. The van der Waals surface area contributed by atoms with Gasteiger partial charge < -0.3 is 10.6 Å². The Morgan fingerprint density at radius 2 is 2.05 bits per heavy atom. The van der Waals surface area contributed by atoms with Gasteiger partial charge in [0.1, 0.15) is 0 Å². The van der Waals surface area contributed by atoms with Crippen molar-refractivity contribution in [3.63, 3.8) is 0 Å². The molecule has 0 bridgehead atoms. The lowest BCUT2D eigenvalue weighted by Gasteiger charge is -2.19. The highest BCUT2D eigenvalue weighted by molar-refractivity contribution is 5.82. The summed E-state index contributed by atoms with van der Waals surface area (Å²) in [4.78, 5) is 6.90. The van der Waals surface area contributed by atoms with Gasteiger partial charge in [0.05, 0.1) is 5.52 Å². The Balaban J connectivity index is 2.20. The quantitative estimate of drug-likeness (QED) is 0.895. The van der Waals surface area contributed by atoms with Crippen molar-refractivity contribution in [1.82, 2.24) is 9.88 Å². The fourth-order valence-electron chi connectivity index (χ4n) is 2.32. The molecule has 2 aromatic rings. The number of nitrogens with two attached hydrogens (primary N) is 1. The van der Waals surface area contributed by atoms with Crippen LogP contribution < -0.4 is 5.73 Å². The number of aromatic nitrogens is 1. The molecule has 0 fully saturated rings. The summed E-state index contributed by atoms with van der Waals surface area (Å²) in [6.07, 6.45) is 1.03. The van der Waals surface area contributed by atoms with Gasteiger partial charge in [-0.3, -0.25) is 4.98 Å². The molecule has 2 N–H and O–H groups in total. The maximum Gasteiger partial charge on any atom is 0.0708 e. The number of aryl methyl sites for hydroxylation is 1. The summed E-state index contributed by atoms with van der Waals surface area (Å²) < 4.78 is 0. The van der Waals surface area contributed by atoms with E-state index in [1.54, 1.807) is 0 Å². The van der Waals surface area contributed by atoms with Crippen LogP contribution in [0.1, 0.15) is 24.6 Å². The zero-order chi connectivity index (χ0) is 13.8. The van der Waals surface area contributed by atoms with E-state index in [0.717, 1.165) is 30.7 Å². The van der Waals surface area contributed by atoms with E-state index in [9.17, 15) is 0 Å². The lowest BCUT2D eigenvalue weighted by molar-refractivity contribution is 0.314. The Hall–Kier alpha value is -1.45. The summed E-state index contributed by atoms with van der Waals surface area (Å²) in [6, 6.07) is 10.8. The smallest absolute Gasteiger partial charge is 0.0708 e. The van der Waals surface area contributed by atoms with Crippen molar-refractivity contribution in [3.8, 4) is 0 Å². The summed E-state index contributed by atoms with van der Waals surface area (Å²) >= 11 is 0. The second-order valence-corrected chi connectivity index (χ2v) is 5.44. The van der Waals surface area contributed by atoms with Gasteiger partial charge in [-0.2, -0.15) is 0 Å². The summed E-state index contributed by atoms with van der Waals surface area (Å²) in [6.45, 7) is 6.07. The highest BCUT2D eigenvalue weighted by Gasteiger charge is 2.07. The molecule has 0 saturated carbocycles. The van der Waals surface area contributed by atoms with Crippen LogP contribution in [0.5, 0.6) is 0 Å². The van der Waals surface area contributed by atoms with E-state index in [2.05, 4.69) is 55.0 Å². The number of benzene rings is 1. The van der Waals surface area contributed by atoms with Gasteiger partial charge in [0.2, 0.25) is 0 Å². The second kappa shape index (κ2) is 6.13. The number of hydrogen-bond donors (Lipinski definition) is 1. The molecule has 0 amide bonds. The molecule has 0 aliphatic carbocycles. The number of pyridine rings is 1. The van der Waals surface area contributed by atoms with Crippen molar-refractivity contribution in [2.75, 3.05) is 13.6 Å². The van der Waals surface area contributed by atoms with Crippen LogP contribution in [0.2, 0.25) is 0 Å². The Morgan fingerprint density at radius 1 is 1.32 bits per heavy atom. The first-order valence-corrected chi connectivity index (χ1v) is 6.85. The molecule has 1 aromatic heterocycles. The van der Waals surface area contributed by atoms with Crippen LogP contribution in [0, 0.1) is 6.92 Å². The largest absolute Gasteiger partial charge is 0.328 e. The van der Waals surface area contributed by atoms with Crippen LogP contribution in [0.3, 0.4) is 0 Å². The van der Waals surface area contributed by atoms with Gasteiger partial charge >= 0.3 is 0 Å². The Labute approximate surface area is 115 Å². The van der Waals surface area contributed by atoms with Gasteiger partial charge in [-0.25, -0.2) is 0 Å². The second-order valence-electron chi connectivity index (χ2n) is 5.44. The summed E-state index contributed by atoms with van der Waals surface area (Å²) in [7, 11) is 2.15. The number of fused-ring (bicyclic) bond motifs is 1. The highest BCUT2D eigenvalue weighted by atomic mass is 15.1. The van der Waals surface area contributed by atoms with E-state index < -0.39 is 0 Å². The topological polar surface area (TPSA) is 42.1 Å². The molecule has 1 aromatic carbocycles. The van der Waals surface area contributed by atoms with E-state index in [0.29, 0.717) is 0 Å². The fourth-order valence-corrected chi connectivity index (χ4v) is 2.32. The molecule has 0 aliphatic rings. The maximum absolute atomic E-state index is 5.81. The van der Waals surface area contributed by atoms with Crippen LogP contribution in [-0.2, 0) is 6.54 Å². The molecular weight excluding hydrogens is 234 g/mol.